The zero-order chi connectivity index (χ0) is 17.2. The molecule has 2 aromatic carbocycles. The summed E-state index contributed by atoms with van der Waals surface area (Å²) in [4.78, 5) is 9.10. The minimum absolute atomic E-state index is 0.723. The summed E-state index contributed by atoms with van der Waals surface area (Å²) >= 11 is 7.79. The minimum Gasteiger partial charge on any atom is -0.301 e. The second kappa shape index (κ2) is 6.90. The number of aromatic nitrogens is 3. The van der Waals surface area contributed by atoms with Gasteiger partial charge in [-0.1, -0.05) is 48.9 Å². The summed E-state index contributed by atoms with van der Waals surface area (Å²) in [6, 6.07) is 18.2. The second-order valence-electron chi connectivity index (χ2n) is 5.57. The number of fused-ring (bicyclic) bond motifs is 1. The summed E-state index contributed by atoms with van der Waals surface area (Å²) in [6.45, 7) is 2.14. The standard InChI is InChI=1S/C20H16ClN3S/c1-2-25-20-18-17(14-6-4-3-5-7-14)12-24(19(18)22-13-23-20)16-10-8-15(21)9-11-16/h3-13H,2H2,1H3. The van der Waals surface area contributed by atoms with Gasteiger partial charge in [0.25, 0.3) is 0 Å². The molecule has 0 aliphatic carbocycles. The lowest BCUT2D eigenvalue weighted by atomic mass is 10.1. The van der Waals surface area contributed by atoms with Crippen molar-refractivity contribution in [2.75, 3.05) is 5.75 Å². The SMILES string of the molecule is CCSc1ncnc2c1c(-c1ccccc1)cn2-c1ccc(Cl)cc1. The maximum Gasteiger partial charge on any atom is 0.149 e. The van der Waals surface area contributed by atoms with Crippen LogP contribution in [0.3, 0.4) is 0 Å². The van der Waals surface area contributed by atoms with E-state index in [4.69, 9.17) is 11.6 Å². The summed E-state index contributed by atoms with van der Waals surface area (Å²) in [5.41, 5.74) is 4.24. The molecule has 2 heterocycles. The van der Waals surface area contributed by atoms with E-state index >= 15 is 0 Å². The van der Waals surface area contributed by atoms with Crippen molar-refractivity contribution in [2.45, 2.75) is 11.9 Å². The largest absolute Gasteiger partial charge is 0.301 e. The van der Waals surface area contributed by atoms with E-state index in [-0.39, 0.29) is 0 Å². The van der Waals surface area contributed by atoms with Gasteiger partial charge in [0.1, 0.15) is 17.0 Å². The Balaban J connectivity index is 2.02. The molecule has 2 aromatic heterocycles. The van der Waals surface area contributed by atoms with E-state index in [0.29, 0.717) is 0 Å². The monoisotopic (exact) mass is 365 g/mol. The fourth-order valence-electron chi connectivity index (χ4n) is 2.92. The summed E-state index contributed by atoms with van der Waals surface area (Å²) in [6.07, 6.45) is 3.78. The van der Waals surface area contributed by atoms with Crippen LogP contribution in [0, 0.1) is 0 Å². The zero-order valence-corrected chi connectivity index (χ0v) is 15.3. The molecular formula is C20H16ClN3S. The number of nitrogens with zero attached hydrogens (tertiary/aromatic N) is 3. The van der Waals surface area contributed by atoms with Gasteiger partial charge in [-0.2, -0.15) is 0 Å². The molecular weight excluding hydrogens is 350 g/mol. The van der Waals surface area contributed by atoms with Crippen LogP contribution < -0.4 is 0 Å². The van der Waals surface area contributed by atoms with Crippen molar-refractivity contribution in [3.8, 4) is 16.8 Å². The highest BCUT2D eigenvalue weighted by Gasteiger charge is 2.17. The van der Waals surface area contributed by atoms with Gasteiger partial charge in [0.15, 0.2) is 0 Å². The Labute approximate surface area is 155 Å². The summed E-state index contributed by atoms with van der Waals surface area (Å²) in [7, 11) is 0. The van der Waals surface area contributed by atoms with Gasteiger partial charge in [-0.25, -0.2) is 9.97 Å². The van der Waals surface area contributed by atoms with Gasteiger partial charge < -0.3 is 4.57 Å². The normalized spacial score (nSPS) is 11.1. The summed E-state index contributed by atoms with van der Waals surface area (Å²) < 4.78 is 2.11. The molecule has 0 aliphatic rings. The van der Waals surface area contributed by atoms with Gasteiger partial charge >= 0.3 is 0 Å². The van der Waals surface area contributed by atoms with Crippen LogP contribution in [-0.2, 0) is 0 Å². The van der Waals surface area contributed by atoms with Crippen LogP contribution in [0.25, 0.3) is 27.8 Å². The van der Waals surface area contributed by atoms with Crippen molar-refractivity contribution >= 4 is 34.4 Å². The van der Waals surface area contributed by atoms with E-state index in [1.807, 2.05) is 30.3 Å². The lowest BCUT2D eigenvalue weighted by Crippen LogP contribution is -1.94. The van der Waals surface area contributed by atoms with Crippen molar-refractivity contribution in [1.29, 1.82) is 0 Å². The number of hydrogen-bond acceptors (Lipinski definition) is 3. The Morgan fingerprint density at radius 3 is 2.48 bits per heavy atom. The number of rotatable bonds is 4. The molecule has 0 amide bonds. The molecule has 0 bridgehead atoms. The van der Waals surface area contributed by atoms with E-state index in [0.717, 1.165) is 43.6 Å². The molecule has 25 heavy (non-hydrogen) atoms. The average Bonchev–Trinajstić information content (AvgIpc) is 3.04. The molecule has 0 fully saturated rings. The Hall–Kier alpha value is -2.30. The summed E-state index contributed by atoms with van der Waals surface area (Å²) in [5, 5.41) is 2.83. The fourth-order valence-corrected chi connectivity index (χ4v) is 3.78. The Morgan fingerprint density at radius 1 is 1.00 bits per heavy atom. The third kappa shape index (κ3) is 3.03. The van der Waals surface area contributed by atoms with Gasteiger partial charge in [0.2, 0.25) is 0 Å². The molecule has 0 atom stereocenters. The first-order valence-corrected chi connectivity index (χ1v) is 9.44. The second-order valence-corrected chi connectivity index (χ2v) is 7.25. The van der Waals surface area contributed by atoms with Crippen LogP contribution in [0.5, 0.6) is 0 Å². The highest BCUT2D eigenvalue weighted by Crippen LogP contribution is 2.36. The number of hydrogen-bond donors (Lipinski definition) is 0. The molecule has 0 radical (unpaired) electrons. The topological polar surface area (TPSA) is 30.7 Å². The van der Waals surface area contributed by atoms with Crippen LogP contribution in [0.4, 0.5) is 0 Å². The number of thioether (sulfide) groups is 1. The highest BCUT2D eigenvalue weighted by molar-refractivity contribution is 7.99. The summed E-state index contributed by atoms with van der Waals surface area (Å²) in [5.74, 6) is 0.965. The number of halogens is 1. The molecule has 3 nitrogen and oxygen atoms in total. The molecule has 0 aliphatic heterocycles. The predicted molar refractivity (Wildman–Crippen MR) is 106 cm³/mol. The third-order valence-corrected chi connectivity index (χ3v) is 5.14. The first-order valence-electron chi connectivity index (χ1n) is 8.08. The van der Waals surface area contributed by atoms with E-state index < -0.39 is 0 Å². The van der Waals surface area contributed by atoms with Crippen molar-refractivity contribution in [3.63, 3.8) is 0 Å². The Bertz CT molecular complexity index is 1010. The zero-order valence-electron chi connectivity index (χ0n) is 13.7. The molecule has 0 spiro atoms. The minimum atomic E-state index is 0.723. The van der Waals surface area contributed by atoms with Crippen LogP contribution in [0.15, 0.2) is 72.1 Å². The molecule has 4 rings (SSSR count). The van der Waals surface area contributed by atoms with E-state index in [1.165, 1.54) is 0 Å². The van der Waals surface area contributed by atoms with Crippen LogP contribution in [-0.4, -0.2) is 20.3 Å². The molecule has 0 unspecified atom stereocenters. The van der Waals surface area contributed by atoms with Crippen molar-refractivity contribution in [2.24, 2.45) is 0 Å². The first kappa shape index (κ1) is 16.2. The molecule has 0 saturated heterocycles. The molecule has 4 aromatic rings. The van der Waals surface area contributed by atoms with Crippen molar-refractivity contribution < 1.29 is 0 Å². The Kier molecular flexibility index (Phi) is 4.47. The maximum atomic E-state index is 6.05. The lowest BCUT2D eigenvalue weighted by molar-refractivity contribution is 1.04. The van der Waals surface area contributed by atoms with Crippen LogP contribution in [0.1, 0.15) is 6.92 Å². The number of benzene rings is 2. The van der Waals surface area contributed by atoms with Crippen molar-refractivity contribution in [1.82, 2.24) is 14.5 Å². The first-order chi connectivity index (χ1) is 12.3. The lowest BCUT2D eigenvalue weighted by Gasteiger charge is -2.05. The predicted octanol–water partition coefficient (Wildman–Crippen LogP) is 5.85. The van der Waals surface area contributed by atoms with E-state index in [9.17, 15) is 0 Å². The van der Waals surface area contributed by atoms with E-state index in [2.05, 4.69) is 51.9 Å². The molecule has 5 heteroatoms. The van der Waals surface area contributed by atoms with Gasteiger partial charge in [-0.05, 0) is 35.6 Å². The molecule has 0 N–H and O–H groups in total. The highest BCUT2D eigenvalue weighted by atomic mass is 35.5. The molecule has 124 valence electrons. The fraction of sp³-hybridized carbons (Fsp3) is 0.100. The van der Waals surface area contributed by atoms with E-state index in [1.54, 1.807) is 18.1 Å². The van der Waals surface area contributed by atoms with Gasteiger partial charge in [-0.15, -0.1) is 11.8 Å². The smallest absolute Gasteiger partial charge is 0.149 e. The van der Waals surface area contributed by atoms with Crippen molar-refractivity contribution in [3.05, 3.63) is 72.1 Å². The average molecular weight is 366 g/mol. The van der Waals surface area contributed by atoms with Gasteiger partial charge in [0.05, 0.1) is 5.39 Å². The van der Waals surface area contributed by atoms with Gasteiger partial charge in [0, 0.05) is 22.5 Å². The molecule has 0 saturated carbocycles. The van der Waals surface area contributed by atoms with Gasteiger partial charge in [-0.3, -0.25) is 0 Å². The Morgan fingerprint density at radius 2 is 1.76 bits per heavy atom. The maximum absolute atomic E-state index is 6.05. The van der Waals surface area contributed by atoms with Crippen LogP contribution in [0.2, 0.25) is 5.02 Å². The van der Waals surface area contributed by atoms with Crippen LogP contribution >= 0.6 is 23.4 Å². The third-order valence-electron chi connectivity index (χ3n) is 4.02. The quantitative estimate of drug-likeness (QED) is 0.335.